The largest absolute Gasteiger partial charge is 0.494 e. The van der Waals surface area contributed by atoms with Crippen LogP contribution in [0.4, 0.5) is 5.69 Å². The summed E-state index contributed by atoms with van der Waals surface area (Å²) in [6.07, 6.45) is 0.991. The van der Waals surface area contributed by atoms with Crippen molar-refractivity contribution in [1.82, 2.24) is 19.6 Å². The Hall–Kier alpha value is -2.87. The van der Waals surface area contributed by atoms with E-state index < -0.39 is 0 Å². The molecule has 0 radical (unpaired) electrons. The van der Waals surface area contributed by atoms with Crippen LogP contribution in [0.5, 0.6) is 5.75 Å². The molecule has 0 atom stereocenters. The lowest BCUT2D eigenvalue weighted by Crippen LogP contribution is -2.44. The van der Waals surface area contributed by atoms with Crippen molar-refractivity contribution in [2.24, 2.45) is 0 Å². The zero-order chi connectivity index (χ0) is 24.9. The highest BCUT2D eigenvalue weighted by Crippen LogP contribution is 2.26. The van der Waals surface area contributed by atoms with E-state index >= 15 is 0 Å². The molecule has 1 fully saturated rings. The summed E-state index contributed by atoms with van der Waals surface area (Å²) in [5.41, 5.74) is 4.93. The highest BCUT2D eigenvalue weighted by atomic mass is 35.5. The number of aryl methyl sites for hydroxylation is 2. The van der Waals surface area contributed by atoms with Gasteiger partial charge in [0.25, 0.3) is 5.91 Å². The van der Waals surface area contributed by atoms with Gasteiger partial charge in [-0.15, -0.1) is 0 Å². The molecule has 0 aliphatic carbocycles. The van der Waals surface area contributed by atoms with E-state index in [1.807, 2.05) is 55.8 Å². The molecule has 186 valence electrons. The lowest BCUT2D eigenvalue weighted by atomic mass is 10.1. The monoisotopic (exact) mass is 495 g/mol. The van der Waals surface area contributed by atoms with Crippen molar-refractivity contribution in [3.05, 3.63) is 70.0 Å². The molecule has 8 heteroatoms. The third-order valence-electron chi connectivity index (χ3n) is 6.49. The number of nitrogens with zero attached hydrogens (tertiary/aromatic N) is 4. The molecule has 2 aromatic carbocycles. The summed E-state index contributed by atoms with van der Waals surface area (Å²) in [5.74, 6) is 0.622. The molecule has 1 aliphatic heterocycles. The van der Waals surface area contributed by atoms with Gasteiger partial charge in [-0.25, -0.2) is 4.68 Å². The van der Waals surface area contributed by atoms with Crippen LogP contribution in [0.15, 0.2) is 42.5 Å². The summed E-state index contributed by atoms with van der Waals surface area (Å²) in [6, 6.07) is 13.1. The van der Waals surface area contributed by atoms with Crippen LogP contribution in [0.25, 0.3) is 5.69 Å². The summed E-state index contributed by atoms with van der Waals surface area (Å²) in [5, 5.41) is 8.17. The minimum absolute atomic E-state index is 0.159. The first kappa shape index (κ1) is 25.2. The fourth-order valence-electron chi connectivity index (χ4n) is 4.28. The Balaban J connectivity index is 1.29. The average Bonchev–Trinajstić information content (AvgIpc) is 3.10. The van der Waals surface area contributed by atoms with Crippen molar-refractivity contribution in [1.29, 1.82) is 0 Å². The summed E-state index contributed by atoms with van der Waals surface area (Å²) in [4.78, 5) is 17.6. The number of anilines is 1. The third-order valence-corrected chi connectivity index (χ3v) is 7.03. The van der Waals surface area contributed by atoms with E-state index in [9.17, 15) is 4.79 Å². The predicted molar refractivity (Wildman–Crippen MR) is 141 cm³/mol. The first-order valence-electron chi connectivity index (χ1n) is 12.1. The Bertz CT molecular complexity index is 1170. The number of amides is 1. The molecule has 35 heavy (non-hydrogen) atoms. The lowest BCUT2D eigenvalue weighted by Gasteiger charge is -2.32. The molecule has 1 amide bonds. The second-order valence-electron chi connectivity index (χ2n) is 9.22. The predicted octanol–water partition coefficient (Wildman–Crippen LogP) is 4.72. The fraction of sp³-hybridized carbons (Fsp3) is 0.407. The smallest absolute Gasteiger partial charge is 0.255 e. The van der Waals surface area contributed by atoms with E-state index in [4.69, 9.17) is 16.3 Å². The maximum absolute atomic E-state index is 12.8. The SMILES string of the molecule is Cc1cc(NC(=O)c2ccc(OCCCN3CCN(C)CC3)cc2)ccc1-n1nc(C)c(Cl)c1C. The summed E-state index contributed by atoms with van der Waals surface area (Å²) >= 11 is 6.30. The van der Waals surface area contributed by atoms with Gasteiger partial charge in [0.15, 0.2) is 0 Å². The number of carbonyl (C=O) groups is 1. The fourth-order valence-corrected chi connectivity index (χ4v) is 4.40. The lowest BCUT2D eigenvalue weighted by molar-refractivity contribution is 0.102. The minimum atomic E-state index is -0.159. The molecule has 1 N–H and O–H groups in total. The first-order chi connectivity index (χ1) is 16.8. The topological polar surface area (TPSA) is 62.6 Å². The molecule has 1 aromatic heterocycles. The van der Waals surface area contributed by atoms with Crippen LogP contribution in [0.1, 0.15) is 33.7 Å². The van der Waals surface area contributed by atoms with Crippen LogP contribution in [-0.4, -0.2) is 71.9 Å². The van der Waals surface area contributed by atoms with Crippen LogP contribution < -0.4 is 10.1 Å². The van der Waals surface area contributed by atoms with E-state index in [2.05, 4.69) is 27.3 Å². The molecule has 0 bridgehead atoms. The van der Waals surface area contributed by atoms with Crippen molar-refractivity contribution >= 4 is 23.2 Å². The maximum Gasteiger partial charge on any atom is 0.255 e. The molecule has 0 unspecified atom stereocenters. The Labute approximate surface area is 212 Å². The second kappa shape index (κ2) is 11.2. The minimum Gasteiger partial charge on any atom is -0.494 e. The van der Waals surface area contributed by atoms with Gasteiger partial charge in [0, 0.05) is 44.0 Å². The Morgan fingerprint density at radius 1 is 1.06 bits per heavy atom. The van der Waals surface area contributed by atoms with Gasteiger partial charge < -0.3 is 19.9 Å². The van der Waals surface area contributed by atoms with Gasteiger partial charge >= 0.3 is 0 Å². The van der Waals surface area contributed by atoms with E-state index in [-0.39, 0.29) is 5.91 Å². The molecule has 0 spiro atoms. The number of aromatic nitrogens is 2. The van der Waals surface area contributed by atoms with Crippen molar-refractivity contribution in [3.63, 3.8) is 0 Å². The molecule has 7 nitrogen and oxygen atoms in total. The van der Waals surface area contributed by atoms with Gasteiger partial charge in [0.1, 0.15) is 5.75 Å². The van der Waals surface area contributed by atoms with Gasteiger partial charge in [-0.3, -0.25) is 4.79 Å². The molecule has 2 heterocycles. The normalized spacial score (nSPS) is 14.8. The quantitative estimate of drug-likeness (QED) is 0.458. The standard InChI is InChI=1S/C27H34ClN5O2/c1-19-18-23(8-11-25(19)33-21(3)26(28)20(2)30-33)29-27(34)22-6-9-24(10-7-22)35-17-5-12-32-15-13-31(4)14-16-32/h6-11,18H,5,12-17H2,1-4H3,(H,29,34). The summed E-state index contributed by atoms with van der Waals surface area (Å²) < 4.78 is 7.71. The van der Waals surface area contributed by atoms with Crippen molar-refractivity contribution < 1.29 is 9.53 Å². The second-order valence-corrected chi connectivity index (χ2v) is 9.60. The Kier molecular flexibility index (Phi) is 8.11. The molecule has 0 saturated carbocycles. The molecule has 4 rings (SSSR count). The molecular formula is C27H34ClN5O2. The summed E-state index contributed by atoms with van der Waals surface area (Å²) in [6.45, 7) is 12.1. The van der Waals surface area contributed by atoms with Gasteiger partial charge in [0.05, 0.1) is 28.7 Å². The number of nitrogens with one attached hydrogen (secondary N) is 1. The van der Waals surface area contributed by atoms with Crippen LogP contribution in [0, 0.1) is 20.8 Å². The Morgan fingerprint density at radius 3 is 2.40 bits per heavy atom. The first-order valence-corrected chi connectivity index (χ1v) is 12.5. The molecule has 3 aromatic rings. The van der Waals surface area contributed by atoms with E-state index in [0.717, 1.165) is 73.2 Å². The highest BCUT2D eigenvalue weighted by molar-refractivity contribution is 6.31. The maximum atomic E-state index is 12.8. The number of benzene rings is 2. The van der Waals surface area contributed by atoms with Crippen molar-refractivity contribution in [2.45, 2.75) is 27.2 Å². The van der Waals surface area contributed by atoms with Crippen LogP contribution in [0.3, 0.4) is 0 Å². The van der Waals surface area contributed by atoms with Gasteiger partial charge in [-0.1, -0.05) is 11.6 Å². The van der Waals surface area contributed by atoms with Crippen molar-refractivity contribution in [3.8, 4) is 11.4 Å². The van der Waals surface area contributed by atoms with Gasteiger partial charge in [0.2, 0.25) is 0 Å². The zero-order valence-corrected chi connectivity index (χ0v) is 21.7. The highest BCUT2D eigenvalue weighted by Gasteiger charge is 2.14. The van der Waals surface area contributed by atoms with Crippen LogP contribution in [0.2, 0.25) is 5.02 Å². The van der Waals surface area contributed by atoms with Crippen molar-refractivity contribution in [2.75, 3.05) is 51.7 Å². The zero-order valence-electron chi connectivity index (χ0n) is 21.0. The number of rotatable bonds is 8. The number of ether oxygens (including phenoxy) is 1. The number of piperazine rings is 1. The average molecular weight is 496 g/mol. The van der Waals surface area contributed by atoms with Crippen LogP contribution >= 0.6 is 11.6 Å². The molecular weight excluding hydrogens is 462 g/mol. The number of carbonyl (C=O) groups excluding carboxylic acids is 1. The van der Waals surface area contributed by atoms with Gasteiger partial charge in [-0.2, -0.15) is 5.10 Å². The number of halogens is 1. The van der Waals surface area contributed by atoms with Crippen LogP contribution in [-0.2, 0) is 0 Å². The van der Waals surface area contributed by atoms with E-state index in [1.54, 1.807) is 12.1 Å². The summed E-state index contributed by atoms with van der Waals surface area (Å²) in [7, 11) is 2.17. The van der Waals surface area contributed by atoms with E-state index in [0.29, 0.717) is 17.2 Å². The number of likely N-dealkylation sites (N-methyl/N-ethyl adjacent to an activating group) is 1. The Morgan fingerprint density at radius 2 is 1.77 bits per heavy atom. The molecule has 1 saturated heterocycles. The number of hydrogen-bond acceptors (Lipinski definition) is 5. The molecule has 1 aliphatic rings. The van der Waals surface area contributed by atoms with E-state index in [1.165, 1.54) is 0 Å². The third kappa shape index (κ3) is 6.23. The number of hydrogen-bond donors (Lipinski definition) is 1. The van der Waals surface area contributed by atoms with Gasteiger partial charge in [-0.05, 0) is 82.3 Å².